The van der Waals surface area contributed by atoms with Crippen LogP contribution in [0.4, 0.5) is 16.3 Å². The summed E-state index contributed by atoms with van der Waals surface area (Å²) in [5.74, 6) is 1.42. The maximum atomic E-state index is 11.7. The molecule has 0 saturated carbocycles. The number of nitrogens with zero attached hydrogens (tertiary/aromatic N) is 3. The van der Waals surface area contributed by atoms with Crippen molar-refractivity contribution in [3.8, 4) is 11.4 Å². The summed E-state index contributed by atoms with van der Waals surface area (Å²) in [6.45, 7) is 8.20. The number of morpholine rings is 1. The molecule has 1 aromatic carbocycles. The normalized spacial score (nSPS) is 23.2. The number of carbonyl (C=O) groups excluding carboxylic acids is 1. The van der Waals surface area contributed by atoms with Crippen molar-refractivity contribution < 1.29 is 18.6 Å². The monoisotopic (exact) mass is 447 g/mol. The lowest BCUT2D eigenvalue weighted by Gasteiger charge is -2.37. The third-order valence-corrected chi connectivity index (χ3v) is 7.77. The van der Waals surface area contributed by atoms with Crippen LogP contribution in [0.5, 0.6) is 0 Å². The fourth-order valence-corrected chi connectivity index (χ4v) is 5.46. The zero-order valence-electron chi connectivity index (χ0n) is 18.0. The number of urea groups is 1. The molecule has 0 unspecified atom stereocenters. The Kier molecular flexibility index (Phi) is 6.07. The van der Waals surface area contributed by atoms with Crippen LogP contribution in [-0.4, -0.2) is 57.4 Å². The standard InChI is InChI=1S/C21H29N5O4S/c1-4-22-21(27)23-16-7-5-15(6-8-16)19-24-17-12-31(28,29)14(3)18(17)20(25-19)26-9-10-30-11-13(26)2/h5-8,13-14,28-29H,4,9-12H2,1-3H3,(H2,22,23,27)/t13-,14-/m0/s1. The van der Waals surface area contributed by atoms with E-state index in [2.05, 4.69) is 22.5 Å². The first-order valence-corrected chi connectivity index (χ1v) is 12.2. The van der Waals surface area contributed by atoms with E-state index in [0.717, 1.165) is 16.9 Å². The Morgan fingerprint density at radius 2 is 2.00 bits per heavy atom. The molecule has 4 N–H and O–H groups in total. The van der Waals surface area contributed by atoms with Crippen LogP contribution in [-0.2, 0) is 10.5 Å². The van der Waals surface area contributed by atoms with E-state index in [4.69, 9.17) is 14.7 Å². The molecule has 168 valence electrons. The van der Waals surface area contributed by atoms with Crippen molar-refractivity contribution in [3.05, 3.63) is 35.5 Å². The molecule has 2 atom stereocenters. The van der Waals surface area contributed by atoms with E-state index < -0.39 is 15.8 Å². The van der Waals surface area contributed by atoms with Crippen molar-refractivity contribution in [3.63, 3.8) is 0 Å². The quantitative estimate of drug-likeness (QED) is 0.562. The number of carbonyl (C=O) groups is 1. The van der Waals surface area contributed by atoms with E-state index >= 15 is 0 Å². The van der Waals surface area contributed by atoms with Crippen LogP contribution in [0.1, 0.15) is 37.3 Å². The molecule has 1 saturated heterocycles. The number of anilines is 2. The van der Waals surface area contributed by atoms with Gasteiger partial charge in [0.15, 0.2) is 5.82 Å². The van der Waals surface area contributed by atoms with Gasteiger partial charge < -0.3 is 20.3 Å². The van der Waals surface area contributed by atoms with E-state index in [-0.39, 0.29) is 17.8 Å². The van der Waals surface area contributed by atoms with Crippen LogP contribution < -0.4 is 15.5 Å². The Hall–Kier alpha value is -2.40. The molecule has 4 rings (SSSR count). The second kappa shape index (κ2) is 8.62. The molecule has 2 amide bonds. The van der Waals surface area contributed by atoms with Crippen LogP contribution in [0, 0.1) is 0 Å². The fourth-order valence-electron chi connectivity index (χ4n) is 3.97. The predicted molar refractivity (Wildman–Crippen MR) is 123 cm³/mol. The highest BCUT2D eigenvalue weighted by Gasteiger charge is 2.40. The van der Waals surface area contributed by atoms with Gasteiger partial charge in [0.05, 0.1) is 36.0 Å². The van der Waals surface area contributed by atoms with Gasteiger partial charge in [0.25, 0.3) is 0 Å². The second-order valence-corrected chi connectivity index (χ2v) is 10.3. The van der Waals surface area contributed by atoms with Gasteiger partial charge in [-0.2, -0.15) is 10.6 Å². The van der Waals surface area contributed by atoms with E-state index in [1.54, 1.807) is 12.1 Å². The van der Waals surface area contributed by atoms with Gasteiger partial charge in [-0.05, 0) is 45.0 Å². The van der Waals surface area contributed by atoms with Crippen LogP contribution in [0.15, 0.2) is 24.3 Å². The highest BCUT2D eigenvalue weighted by molar-refractivity contribution is 8.24. The number of aromatic nitrogens is 2. The highest BCUT2D eigenvalue weighted by Crippen LogP contribution is 2.63. The van der Waals surface area contributed by atoms with Gasteiger partial charge >= 0.3 is 6.03 Å². The largest absolute Gasteiger partial charge is 0.377 e. The molecule has 9 nitrogen and oxygen atoms in total. The topological polar surface area (TPSA) is 120 Å². The average Bonchev–Trinajstić information content (AvgIpc) is 2.97. The first-order chi connectivity index (χ1) is 14.8. The molecular weight excluding hydrogens is 418 g/mol. The molecule has 0 aliphatic carbocycles. The first-order valence-electron chi connectivity index (χ1n) is 10.5. The zero-order chi connectivity index (χ0) is 22.2. The summed E-state index contributed by atoms with van der Waals surface area (Å²) >= 11 is 0. The first kappa shape index (κ1) is 21.8. The molecule has 2 aliphatic rings. The Balaban J connectivity index is 1.71. The fraction of sp³-hybridized carbons (Fsp3) is 0.476. The molecule has 2 aliphatic heterocycles. The Morgan fingerprint density at radius 3 is 2.68 bits per heavy atom. The lowest BCUT2D eigenvalue weighted by atomic mass is 10.1. The van der Waals surface area contributed by atoms with E-state index in [9.17, 15) is 13.9 Å². The molecular formula is C21H29N5O4S. The van der Waals surface area contributed by atoms with Gasteiger partial charge in [0, 0.05) is 29.9 Å². The van der Waals surface area contributed by atoms with E-state index in [1.165, 1.54) is 0 Å². The molecule has 1 fully saturated rings. The van der Waals surface area contributed by atoms with Gasteiger partial charge in [-0.3, -0.25) is 9.11 Å². The number of nitrogens with one attached hydrogen (secondary N) is 2. The zero-order valence-corrected chi connectivity index (χ0v) is 18.8. The van der Waals surface area contributed by atoms with Crippen LogP contribution in [0.25, 0.3) is 11.4 Å². The molecule has 0 radical (unpaired) electrons. The average molecular weight is 448 g/mol. The lowest BCUT2D eigenvalue weighted by molar-refractivity contribution is 0.0984. The number of ether oxygens (including phenoxy) is 1. The van der Waals surface area contributed by atoms with Crippen LogP contribution in [0.3, 0.4) is 0 Å². The molecule has 31 heavy (non-hydrogen) atoms. The number of benzene rings is 1. The third-order valence-electron chi connectivity index (χ3n) is 5.70. The summed E-state index contributed by atoms with van der Waals surface area (Å²) in [5, 5.41) is 5.05. The van der Waals surface area contributed by atoms with Gasteiger partial charge in [0.1, 0.15) is 5.82 Å². The third kappa shape index (κ3) is 4.33. The summed E-state index contributed by atoms with van der Waals surface area (Å²) in [6.07, 6.45) is 0. The van der Waals surface area contributed by atoms with Gasteiger partial charge in [-0.25, -0.2) is 14.8 Å². The van der Waals surface area contributed by atoms with Crippen molar-refractivity contribution in [2.75, 3.05) is 36.5 Å². The maximum Gasteiger partial charge on any atom is 0.319 e. The van der Waals surface area contributed by atoms with Crippen LogP contribution >= 0.6 is 10.6 Å². The van der Waals surface area contributed by atoms with Gasteiger partial charge in [0.2, 0.25) is 0 Å². The summed E-state index contributed by atoms with van der Waals surface area (Å²) < 4.78 is 26.7. The summed E-state index contributed by atoms with van der Waals surface area (Å²) in [7, 11) is -2.80. The summed E-state index contributed by atoms with van der Waals surface area (Å²) in [6, 6.07) is 7.17. The highest BCUT2D eigenvalue weighted by atomic mass is 32.3. The number of hydrogen-bond acceptors (Lipinski definition) is 7. The smallest absolute Gasteiger partial charge is 0.319 e. The minimum Gasteiger partial charge on any atom is -0.377 e. The predicted octanol–water partition coefficient (Wildman–Crippen LogP) is 3.84. The number of rotatable bonds is 4. The van der Waals surface area contributed by atoms with Gasteiger partial charge in [-0.15, -0.1) is 0 Å². The van der Waals surface area contributed by atoms with Crippen molar-refractivity contribution in [2.45, 2.75) is 37.8 Å². The number of amides is 2. The van der Waals surface area contributed by atoms with Gasteiger partial charge in [-0.1, -0.05) is 0 Å². The lowest BCUT2D eigenvalue weighted by Crippen LogP contribution is -2.44. The molecule has 1 aromatic heterocycles. The molecule has 2 aromatic rings. The Morgan fingerprint density at radius 1 is 1.26 bits per heavy atom. The Labute approximate surface area is 183 Å². The number of hydrogen-bond donors (Lipinski definition) is 4. The minimum absolute atomic E-state index is 0.124. The van der Waals surface area contributed by atoms with Crippen LogP contribution in [0.2, 0.25) is 0 Å². The van der Waals surface area contributed by atoms with E-state index in [0.29, 0.717) is 43.5 Å². The molecule has 0 bridgehead atoms. The van der Waals surface area contributed by atoms with Crippen molar-refractivity contribution in [1.82, 2.24) is 15.3 Å². The molecule has 0 spiro atoms. The van der Waals surface area contributed by atoms with E-state index in [1.807, 2.05) is 26.0 Å². The Bertz CT molecular complexity index is 969. The molecule has 10 heteroatoms. The second-order valence-electron chi connectivity index (χ2n) is 7.91. The van der Waals surface area contributed by atoms with Crippen molar-refractivity contribution in [1.29, 1.82) is 0 Å². The minimum atomic E-state index is -2.80. The van der Waals surface area contributed by atoms with Crippen molar-refractivity contribution >= 4 is 28.1 Å². The maximum absolute atomic E-state index is 11.7. The summed E-state index contributed by atoms with van der Waals surface area (Å²) in [4.78, 5) is 23.5. The number of fused-ring (bicyclic) bond motifs is 1. The van der Waals surface area contributed by atoms with Crippen molar-refractivity contribution in [2.24, 2.45) is 0 Å². The summed E-state index contributed by atoms with van der Waals surface area (Å²) in [5.41, 5.74) is 2.98. The SMILES string of the molecule is CCNC(=O)Nc1ccc(-c2nc3c(c(N4CCOC[C@@H]4C)n2)[C@H](C)S(O)(O)C3)cc1. The molecule has 3 heterocycles.